The molecule has 9 nitrogen and oxygen atoms in total. The number of hydrogen-bond donors (Lipinski definition) is 3. The number of halogens is 3. The number of nitrogens with two attached hydrogens (primary N) is 2. The Balaban J connectivity index is 0.000000552. The van der Waals surface area contributed by atoms with Gasteiger partial charge in [-0.1, -0.05) is 41.7 Å². The molecule has 4 atom stereocenters. The first kappa shape index (κ1) is 22.2. The number of methoxy groups -OCH3 is 1. The second-order valence-electron chi connectivity index (χ2n) is 6.91. The third kappa shape index (κ3) is 3.38. The van der Waals surface area contributed by atoms with E-state index in [4.69, 9.17) is 55.7 Å². The Bertz CT molecular complexity index is 827. The van der Waals surface area contributed by atoms with Gasteiger partial charge in [0, 0.05) is 30.8 Å². The molecular formula is C17H21Cl3N4O5. The topological polar surface area (TPSA) is 147 Å². The number of ether oxygens (including phenoxy) is 2. The summed E-state index contributed by atoms with van der Waals surface area (Å²) in [4.78, 5) is 38.9. The standard InChI is InChI=1S/C16H20N4O5.CHCl3/c1-3-6-10(17)13(22)9-7(5-25-15(18)23)16(24-2)14-8(19-14)4-20(16)11(9)12(6)21;2-1(3)4/h7-8,14,19H,3-5,17H2,1-2H3,(H2,18,23);1H/t7-,8+,14+,16-;/m1./s1. The molecule has 3 heterocycles. The van der Waals surface area contributed by atoms with Gasteiger partial charge in [-0.25, -0.2) is 4.79 Å². The smallest absolute Gasteiger partial charge is 0.404 e. The van der Waals surface area contributed by atoms with E-state index in [0.29, 0.717) is 24.2 Å². The van der Waals surface area contributed by atoms with Crippen molar-refractivity contribution >= 4 is 52.5 Å². The number of primary amides is 1. The predicted molar refractivity (Wildman–Crippen MR) is 106 cm³/mol. The highest BCUT2D eigenvalue weighted by molar-refractivity contribution is 6.63. The van der Waals surface area contributed by atoms with Gasteiger partial charge in [-0.3, -0.25) is 9.59 Å². The molecule has 12 heteroatoms. The van der Waals surface area contributed by atoms with E-state index in [1.54, 1.807) is 6.92 Å². The van der Waals surface area contributed by atoms with E-state index >= 15 is 0 Å². The number of ketones is 2. The quantitative estimate of drug-likeness (QED) is 0.311. The van der Waals surface area contributed by atoms with Crippen molar-refractivity contribution in [1.29, 1.82) is 0 Å². The maximum atomic E-state index is 13.0. The Labute approximate surface area is 182 Å². The van der Waals surface area contributed by atoms with E-state index in [-0.39, 0.29) is 35.7 Å². The number of carbonyl (C=O) groups is 3. The van der Waals surface area contributed by atoms with Gasteiger partial charge in [0.25, 0.3) is 0 Å². The summed E-state index contributed by atoms with van der Waals surface area (Å²) in [5, 5.41) is 3.29. The van der Waals surface area contributed by atoms with Crippen molar-refractivity contribution in [2.24, 2.45) is 17.4 Å². The highest BCUT2D eigenvalue weighted by Crippen LogP contribution is 2.55. The van der Waals surface area contributed by atoms with E-state index in [1.807, 2.05) is 4.90 Å². The fourth-order valence-corrected chi connectivity index (χ4v) is 4.59. The SMILES string of the molecule is CCC1=C(N)C(=O)C2=C(C1=O)N1C[C@@H]3N[C@@H]3[C@]1(OC)[C@@H]2COC(N)=O.ClC(Cl)Cl. The van der Waals surface area contributed by atoms with Gasteiger partial charge in [0.1, 0.15) is 6.61 Å². The Hall–Kier alpha value is -1.52. The maximum absolute atomic E-state index is 13.0. The lowest BCUT2D eigenvalue weighted by atomic mass is 9.82. The highest BCUT2D eigenvalue weighted by atomic mass is 35.6. The number of allylic oxidation sites excluding steroid dienone is 2. The van der Waals surface area contributed by atoms with Gasteiger partial charge in [0.2, 0.25) is 11.6 Å². The van der Waals surface area contributed by atoms with E-state index in [1.165, 1.54) is 7.11 Å². The fourth-order valence-electron chi connectivity index (χ4n) is 4.59. The van der Waals surface area contributed by atoms with Crippen LogP contribution in [-0.2, 0) is 19.1 Å². The molecule has 0 radical (unpaired) electrons. The monoisotopic (exact) mass is 466 g/mol. The number of hydrogen-bond acceptors (Lipinski definition) is 8. The van der Waals surface area contributed by atoms with Crippen molar-refractivity contribution in [2.75, 3.05) is 20.3 Å². The van der Waals surface area contributed by atoms with Crippen molar-refractivity contribution in [1.82, 2.24) is 10.2 Å². The molecular weight excluding hydrogens is 447 g/mol. The van der Waals surface area contributed by atoms with Gasteiger partial charge in [-0.05, 0) is 6.42 Å². The summed E-state index contributed by atoms with van der Waals surface area (Å²) in [6.45, 7) is 2.17. The summed E-state index contributed by atoms with van der Waals surface area (Å²) in [6.07, 6.45) is -0.577. The molecule has 0 saturated carbocycles. The van der Waals surface area contributed by atoms with Crippen molar-refractivity contribution < 1.29 is 23.9 Å². The van der Waals surface area contributed by atoms with Crippen molar-refractivity contribution in [3.8, 4) is 0 Å². The second kappa shape index (κ2) is 7.96. The van der Waals surface area contributed by atoms with Gasteiger partial charge in [-0.2, -0.15) is 0 Å². The van der Waals surface area contributed by atoms with Gasteiger partial charge in [0.05, 0.1) is 23.4 Å². The lowest BCUT2D eigenvalue weighted by molar-refractivity contribution is -0.137. The third-order valence-electron chi connectivity index (χ3n) is 5.68. The Morgan fingerprint density at radius 2 is 1.97 bits per heavy atom. The van der Waals surface area contributed by atoms with Gasteiger partial charge >= 0.3 is 6.09 Å². The molecule has 0 aromatic rings. The van der Waals surface area contributed by atoms with Gasteiger partial charge in [0.15, 0.2) is 10.0 Å². The third-order valence-corrected chi connectivity index (χ3v) is 5.68. The zero-order chi connectivity index (χ0) is 21.7. The molecule has 5 N–H and O–H groups in total. The number of fused-ring (bicyclic) bond motifs is 4. The summed E-state index contributed by atoms with van der Waals surface area (Å²) in [7, 11) is 1.53. The van der Waals surface area contributed by atoms with E-state index in [2.05, 4.69) is 5.32 Å². The minimum Gasteiger partial charge on any atom is -0.449 e. The first-order valence-electron chi connectivity index (χ1n) is 8.87. The molecule has 3 aliphatic heterocycles. The minimum absolute atomic E-state index is 0.0388. The molecule has 1 amide bonds. The number of carbonyl (C=O) groups excluding carboxylic acids is 3. The highest BCUT2D eigenvalue weighted by Gasteiger charge is 2.72. The molecule has 2 saturated heterocycles. The van der Waals surface area contributed by atoms with Crippen LogP contribution in [0.1, 0.15) is 13.3 Å². The average Bonchev–Trinajstić information content (AvgIpc) is 3.24. The molecule has 0 bridgehead atoms. The lowest BCUT2D eigenvalue weighted by Gasteiger charge is -2.39. The molecule has 0 aromatic heterocycles. The molecule has 0 aromatic carbocycles. The average molecular weight is 468 g/mol. The number of alkyl halides is 3. The summed E-state index contributed by atoms with van der Waals surface area (Å²) in [5.74, 6) is -1.29. The van der Waals surface area contributed by atoms with Crippen LogP contribution in [0.5, 0.6) is 0 Å². The molecule has 29 heavy (non-hydrogen) atoms. The predicted octanol–water partition coefficient (Wildman–Crippen LogP) is 0.725. The van der Waals surface area contributed by atoms with Crippen LogP contribution in [-0.4, -0.2) is 64.9 Å². The summed E-state index contributed by atoms with van der Waals surface area (Å²) < 4.78 is 10.1. The lowest BCUT2D eigenvalue weighted by Crippen LogP contribution is -2.55. The van der Waals surface area contributed by atoms with E-state index < -0.39 is 27.8 Å². The van der Waals surface area contributed by atoms with E-state index in [0.717, 1.165) is 0 Å². The first-order chi connectivity index (χ1) is 13.6. The number of amides is 1. The van der Waals surface area contributed by atoms with Crippen molar-refractivity contribution in [3.05, 3.63) is 22.5 Å². The summed E-state index contributed by atoms with van der Waals surface area (Å²) in [6, 6.07) is 0.109. The van der Waals surface area contributed by atoms with Crippen LogP contribution in [0, 0.1) is 5.92 Å². The summed E-state index contributed by atoms with van der Waals surface area (Å²) in [5.41, 5.74) is 11.0. The molecule has 160 valence electrons. The molecule has 4 aliphatic rings. The zero-order valence-corrected chi connectivity index (χ0v) is 18.0. The van der Waals surface area contributed by atoms with Crippen molar-refractivity contribution in [2.45, 2.75) is 35.4 Å². The van der Waals surface area contributed by atoms with Crippen LogP contribution in [0.3, 0.4) is 0 Å². The molecule has 4 rings (SSSR count). The summed E-state index contributed by atoms with van der Waals surface area (Å²) >= 11 is 14.4. The van der Waals surface area contributed by atoms with Gasteiger partial charge in [-0.15, -0.1) is 0 Å². The number of nitrogens with one attached hydrogen (secondary N) is 1. The fraction of sp³-hybridized carbons (Fsp3) is 0.588. The van der Waals surface area contributed by atoms with Gasteiger partial charge < -0.3 is 31.2 Å². The number of piperazine rings is 1. The molecule has 1 aliphatic carbocycles. The van der Waals surface area contributed by atoms with Crippen LogP contribution in [0.4, 0.5) is 4.79 Å². The van der Waals surface area contributed by atoms with Crippen LogP contribution in [0.2, 0.25) is 0 Å². The Morgan fingerprint density at radius 1 is 1.34 bits per heavy atom. The van der Waals surface area contributed by atoms with Crippen LogP contribution < -0.4 is 16.8 Å². The largest absolute Gasteiger partial charge is 0.449 e. The minimum atomic E-state index is -0.959. The molecule has 0 spiro atoms. The van der Waals surface area contributed by atoms with Crippen LogP contribution in [0.15, 0.2) is 22.5 Å². The van der Waals surface area contributed by atoms with E-state index in [9.17, 15) is 14.4 Å². The molecule has 0 unspecified atom stereocenters. The number of nitrogens with zero attached hydrogens (tertiary/aromatic N) is 1. The Morgan fingerprint density at radius 3 is 2.48 bits per heavy atom. The second-order valence-corrected chi connectivity index (χ2v) is 8.89. The normalized spacial score (nSPS) is 32.1. The first-order valence-corrected chi connectivity index (χ1v) is 10.2. The van der Waals surface area contributed by atoms with Crippen molar-refractivity contribution in [3.63, 3.8) is 0 Å². The zero-order valence-electron chi connectivity index (χ0n) is 15.7. The molecule has 2 fully saturated rings. The number of rotatable bonds is 4. The van der Waals surface area contributed by atoms with Crippen LogP contribution >= 0.6 is 34.8 Å². The number of Topliss-reactive ketones (excluding diaryl/α,β-unsaturated/α-hetero) is 2. The Kier molecular flexibility index (Phi) is 6.08. The maximum Gasteiger partial charge on any atom is 0.404 e. The van der Waals surface area contributed by atoms with Crippen LogP contribution in [0.25, 0.3) is 0 Å².